The third kappa shape index (κ3) is 5.51. The molecule has 1 N–H and O–H groups in total. The van der Waals surface area contributed by atoms with E-state index >= 15 is 0 Å². The Bertz CT molecular complexity index is 1040. The van der Waals surface area contributed by atoms with Crippen LogP contribution in [-0.4, -0.2) is 56.4 Å². The Balaban J connectivity index is 1.64. The Labute approximate surface area is 193 Å². The summed E-state index contributed by atoms with van der Waals surface area (Å²) in [5.74, 6) is 0.603. The minimum atomic E-state index is -0.419. The van der Waals surface area contributed by atoms with Gasteiger partial charge in [-0.3, -0.25) is 19.3 Å². The molecule has 3 rings (SSSR count). The lowest BCUT2D eigenvalue weighted by Crippen LogP contribution is -2.36. The van der Waals surface area contributed by atoms with Crippen molar-refractivity contribution in [1.29, 1.82) is 0 Å². The molecule has 0 bridgehead atoms. The molecule has 32 heavy (non-hydrogen) atoms. The van der Waals surface area contributed by atoms with Crippen molar-refractivity contribution < 1.29 is 28.6 Å². The highest BCUT2D eigenvalue weighted by Gasteiger charge is 2.34. The molecule has 1 aliphatic rings. The number of nitrogens with one attached hydrogen (secondary N) is 1. The van der Waals surface area contributed by atoms with E-state index in [0.29, 0.717) is 22.8 Å². The number of carbonyl (C=O) groups excluding carboxylic acids is 3. The number of hydrogen-bond donors (Lipinski definition) is 1. The number of hydrogen-bond acceptors (Lipinski definition) is 8. The smallest absolute Gasteiger partial charge is 0.293 e. The van der Waals surface area contributed by atoms with Crippen LogP contribution in [0.1, 0.15) is 10.4 Å². The van der Waals surface area contributed by atoms with Gasteiger partial charge in [0.2, 0.25) is 11.7 Å². The molecule has 3 amide bonds. The standard InChI is InChI=1S/C22H22N2O6S2/c1-28-16-11-14(12-17(29-2)20(16)30-3)13-18-21(26)24(22(27)32-18)9-8-23-19(25)7-6-15-5-4-10-31-15/h4-7,10-13H,8-9H2,1-3H3,(H,23,25)/b7-6+,18-13-. The first-order valence-corrected chi connectivity index (χ1v) is 11.2. The average Bonchev–Trinajstić information content (AvgIpc) is 3.40. The van der Waals surface area contributed by atoms with Gasteiger partial charge in [0.05, 0.1) is 26.2 Å². The van der Waals surface area contributed by atoms with Crippen LogP contribution in [0, 0.1) is 0 Å². The molecule has 2 heterocycles. The van der Waals surface area contributed by atoms with E-state index < -0.39 is 11.1 Å². The first-order chi connectivity index (χ1) is 15.5. The number of methoxy groups -OCH3 is 3. The molecule has 2 aromatic rings. The van der Waals surface area contributed by atoms with Gasteiger partial charge in [-0.2, -0.15) is 0 Å². The van der Waals surface area contributed by atoms with Crippen LogP contribution in [0.5, 0.6) is 17.2 Å². The lowest BCUT2D eigenvalue weighted by molar-refractivity contribution is -0.123. The number of thioether (sulfide) groups is 1. The van der Waals surface area contributed by atoms with E-state index in [0.717, 1.165) is 21.5 Å². The molecular formula is C22H22N2O6S2. The van der Waals surface area contributed by atoms with Gasteiger partial charge in [-0.05, 0) is 53.1 Å². The molecule has 168 valence electrons. The number of amides is 3. The maximum Gasteiger partial charge on any atom is 0.293 e. The van der Waals surface area contributed by atoms with Crippen LogP contribution in [0.25, 0.3) is 12.2 Å². The van der Waals surface area contributed by atoms with E-state index in [9.17, 15) is 14.4 Å². The van der Waals surface area contributed by atoms with E-state index in [4.69, 9.17) is 14.2 Å². The fraction of sp³-hybridized carbons (Fsp3) is 0.227. The second-order valence-electron chi connectivity index (χ2n) is 6.43. The number of imide groups is 1. The van der Waals surface area contributed by atoms with Crippen LogP contribution < -0.4 is 19.5 Å². The van der Waals surface area contributed by atoms with Gasteiger partial charge in [0.15, 0.2) is 11.5 Å². The van der Waals surface area contributed by atoms with Gasteiger partial charge in [0.25, 0.3) is 11.1 Å². The maximum atomic E-state index is 12.7. The van der Waals surface area contributed by atoms with Crippen molar-refractivity contribution in [3.05, 3.63) is 51.1 Å². The van der Waals surface area contributed by atoms with Crippen LogP contribution in [0.4, 0.5) is 4.79 Å². The lowest BCUT2D eigenvalue weighted by atomic mass is 10.1. The van der Waals surface area contributed by atoms with Gasteiger partial charge < -0.3 is 19.5 Å². The molecule has 1 aliphatic heterocycles. The van der Waals surface area contributed by atoms with Crippen molar-refractivity contribution in [2.45, 2.75) is 0 Å². The molecule has 8 nitrogen and oxygen atoms in total. The third-order valence-corrected chi connectivity index (χ3v) is 6.18. The molecule has 0 aliphatic carbocycles. The molecule has 1 fully saturated rings. The van der Waals surface area contributed by atoms with Crippen LogP contribution >= 0.6 is 23.1 Å². The highest BCUT2D eigenvalue weighted by atomic mass is 32.2. The van der Waals surface area contributed by atoms with Crippen molar-refractivity contribution in [3.63, 3.8) is 0 Å². The summed E-state index contributed by atoms with van der Waals surface area (Å²) < 4.78 is 15.9. The quantitative estimate of drug-likeness (QED) is 0.555. The van der Waals surface area contributed by atoms with Crippen LogP contribution in [0.15, 0.2) is 40.6 Å². The number of thiophene rings is 1. The fourth-order valence-electron chi connectivity index (χ4n) is 2.92. The van der Waals surface area contributed by atoms with E-state index in [2.05, 4.69) is 5.32 Å². The molecule has 0 radical (unpaired) electrons. The fourth-order valence-corrected chi connectivity index (χ4v) is 4.41. The normalized spacial score (nSPS) is 15.0. The number of rotatable bonds is 9. The molecule has 0 saturated carbocycles. The molecule has 10 heteroatoms. The minimum Gasteiger partial charge on any atom is -0.493 e. The maximum absolute atomic E-state index is 12.7. The zero-order chi connectivity index (χ0) is 23.1. The molecular weight excluding hydrogens is 452 g/mol. The number of carbonyl (C=O) groups is 3. The third-order valence-electron chi connectivity index (χ3n) is 4.44. The first-order valence-electron chi connectivity index (χ1n) is 9.51. The van der Waals surface area contributed by atoms with Gasteiger partial charge in [-0.1, -0.05) is 6.07 Å². The molecule has 0 spiro atoms. The van der Waals surface area contributed by atoms with Gasteiger partial charge in [0.1, 0.15) is 0 Å². The molecule has 1 aromatic carbocycles. The summed E-state index contributed by atoms with van der Waals surface area (Å²) in [6.07, 6.45) is 4.72. The SMILES string of the molecule is COc1cc(/C=C2\SC(=O)N(CCNC(=O)/C=C/c3cccs3)C2=O)cc(OC)c1OC. The van der Waals surface area contributed by atoms with Gasteiger partial charge >= 0.3 is 0 Å². The van der Waals surface area contributed by atoms with Crippen molar-refractivity contribution in [1.82, 2.24) is 10.2 Å². The summed E-state index contributed by atoms with van der Waals surface area (Å²) in [4.78, 5) is 39.3. The van der Waals surface area contributed by atoms with E-state index in [-0.39, 0.29) is 23.9 Å². The number of nitrogens with zero attached hydrogens (tertiary/aromatic N) is 1. The highest BCUT2D eigenvalue weighted by Crippen LogP contribution is 2.40. The Morgan fingerprint density at radius 1 is 1.12 bits per heavy atom. The first kappa shape index (κ1) is 23.4. The Morgan fingerprint density at radius 2 is 1.84 bits per heavy atom. The van der Waals surface area contributed by atoms with Gasteiger partial charge in [0, 0.05) is 24.0 Å². The summed E-state index contributed by atoms with van der Waals surface area (Å²) in [5, 5.41) is 4.21. The lowest BCUT2D eigenvalue weighted by Gasteiger charge is -2.13. The minimum absolute atomic E-state index is 0.0792. The Kier molecular flexibility index (Phi) is 7.96. The average molecular weight is 475 g/mol. The van der Waals surface area contributed by atoms with Gasteiger partial charge in [-0.15, -0.1) is 11.3 Å². The number of ether oxygens (including phenoxy) is 3. The summed E-state index contributed by atoms with van der Waals surface area (Å²) >= 11 is 2.36. The van der Waals surface area contributed by atoms with Crippen LogP contribution in [0.2, 0.25) is 0 Å². The predicted molar refractivity (Wildman–Crippen MR) is 125 cm³/mol. The van der Waals surface area contributed by atoms with Gasteiger partial charge in [-0.25, -0.2) is 0 Å². The predicted octanol–water partition coefficient (Wildman–Crippen LogP) is 3.64. The van der Waals surface area contributed by atoms with E-state index in [1.54, 1.807) is 24.3 Å². The van der Waals surface area contributed by atoms with E-state index in [1.165, 1.54) is 38.7 Å². The van der Waals surface area contributed by atoms with Crippen molar-refractivity contribution in [2.24, 2.45) is 0 Å². The summed E-state index contributed by atoms with van der Waals surface area (Å²) in [6.45, 7) is 0.235. The highest BCUT2D eigenvalue weighted by molar-refractivity contribution is 8.18. The molecule has 0 unspecified atom stereocenters. The Hall–Kier alpha value is -3.24. The molecule has 0 atom stereocenters. The number of benzene rings is 1. The zero-order valence-corrected chi connectivity index (χ0v) is 19.4. The molecule has 1 aromatic heterocycles. The monoisotopic (exact) mass is 474 g/mol. The largest absolute Gasteiger partial charge is 0.493 e. The second-order valence-corrected chi connectivity index (χ2v) is 8.40. The zero-order valence-electron chi connectivity index (χ0n) is 17.7. The topological polar surface area (TPSA) is 94.2 Å². The van der Waals surface area contributed by atoms with Crippen molar-refractivity contribution >= 4 is 52.3 Å². The summed E-state index contributed by atoms with van der Waals surface area (Å²) in [7, 11) is 4.50. The Morgan fingerprint density at radius 3 is 2.44 bits per heavy atom. The van der Waals surface area contributed by atoms with Crippen LogP contribution in [-0.2, 0) is 9.59 Å². The second kappa shape index (κ2) is 10.9. The van der Waals surface area contributed by atoms with E-state index in [1.807, 2.05) is 17.5 Å². The summed E-state index contributed by atoms with van der Waals surface area (Å²) in [6, 6.07) is 7.17. The molecule has 1 saturated heterocycles. The summed E-state index contributed by atoms with van der Waals surface area (Å²) in [5.41, 5.74) is 0.622. The van der Waals surface area contributed by atoms with Crippen molar-refractivity contribution in [3.8, 4) is 17.2 Å². The van der Waals surface area contributed by atoms with Crippen LogP contribution in [0.3, 0.4) is 0 Å². The van der Waals surface area contributed by atoms with Crippen molar-refractivity contribution in [2.75, 3.05) is 34.4 Å².